The van der Waals surface area contributed by atoms with Crippen LogP contribution in [0, 0.1) is 0 Å². The van der Waals surface area contributed by atoms with Gasteiger partial charge in [0, 0.05) is 0 Å². The minimum absolute atomic E-state index is 0.124. The molecule has 1 aliphatic rings. The molecule has 0 radical (unpaired) electrons. The van der Waals surface area contributed by atoms with Gasteiger partial charge in [0.1, 0.15) is 0 Å². The molecule has 0 aromatic heterocycles. The first-order valence-electron chi connectivity index (χ1n) is 6.71. The van der Waals surface area contributed by atoms with Crippen molar-refractivity contribution in [2.75, 3.05) is 12.9 Å². The highest BCUT2D eigenvalue weighted by molar-refractivity contribution is 7.91. The first-order chi connectivity index (χ1) is 9.23. The van der Waals surface area contributed by atoms with Gasteiger partial charge in [0.05, 0.1) is 23.3 Å². The monoisotopic (exact) mass is 296 g/mol. The van der Waals surface area contributed by atoms with Crippen molar-refractivity contribution in [3.63, 3.8) is 0 Å². The number of aryl methyl sites for hydroxylation is 1. The Hall–Kier alpha value is -1.36. The number of carbonyl (C=O) groups is 1. The van der Waals surface area contributed by atoms with Crippen molar-refractivity contribution in [1.82, 2.24) is 0 Å². The van der Waals surface area contributed by atoms with Crippen LogP contribution < -0.4 is 0 Å². The lowest BCUT2D eigenvalue weighted by Crippen LogP contribution is -2.31. The topological polar surface area (TPSA) is 60.4 Å². The molecule has 5 heteroatoms. The first-order valence-corrected chi connectivity index (χ1v) is 8.36. The quantitative estimate of drug-likeness (QED) is 0.787. The third kappa shape index (κ3) is 2.35. The van der Waals surface area contributed by atoms with E-state index in [-0.39, 0.29) is 16.1 Å². The van der Waals surface area contributed by atoms with Gasteiger partial charge in [0.15, 0.2) is 9.84 Å². The summed E-state index contributed by atoms with van der Waals surface area (Å²) in [5.41, 5.74) is 1.81. The third-order valence-electron chi connectivity index (χ3n) is 4.05. The SMILES string of the molecule is CCc1cc2c(cc1C(=O)OC)S(=O)(=O)CCC2(C)C. The van der Waals surface area contributed by atoms with Gasteiger partial charge in [-0.05, 0) is 35.4 Å². The van der Waals surface area contributed by atoms with E-state index in [0.717, 1.165) is 11.1 Å². The number of benzene rings is 1. The Morgan fingerprint density at radius 1 is 1.35 bits per heavy atom. The molecule has 0 atom stereocenters. The number of carbonyl (C=O) groups excluding carboxylic acids is 1. The van der Waals surface area contributed by atoms with Crippen LogP contribution >= 0.6 is 0 Å². The molecule has 0 N–H and O–H groups in total. The normalized spacial score (nSPS) is 19.2. The molecular formula is C15H20O4S. The Morgan fingerprint density at radius 2 is 2.00 bits per heavy atom. The van der Waals surface area contributed by atoms with Gasteiger partial charge < -0.3 is 4.74 Å². The van der Waals surface area contributed by atoms with Gasteiger partial charge in [-0.15, -0.1) is 0 Å². The maximum absolute atomic E-state index is 12.3. The second kappa shape index (κ2) is 4.88. The zero-order chi connectivity index (χ0) is 15.1. The van der Waals surface area contributed by atoms with Crippen LogP contribution in [-0.4, -0.2) is 27.2 Å². The van der Waals surface area contributed by atoms with E-state index in [1.54, 1.807) is 0 Å². The minimum Gasteiger partial charge on any atom is -0.465 e. The third-order valence-corrected chi connectivity index (χ3v) is 5.80. The molecule has 0 amide bonds. The average Bonchev–Trinajstić information content (AvgIpc) is 2.42. The van der Waals surface area contributed by atoms with Crippen molar-refractivity contribution in [2.45, 2.75) is 43.9 Å². The molecule has 20 heavy (non-hydrogen) atoms. The molecule has 1 heterocycles. The Morgan fingerprint density at radius 3 is 2.55 bits per heavy atom. The van der Waals surface area contributed by atoms with Crippen LogP contribution in [0.3, 0.4) is 0 Å². The molecule has 0 fully saturated rings. The van der Waals surface area contributed by atoms with Crippen LogP contribution in [0.4, 0.5) is 0 Å². The fraction of sp³-hybridized carbons (Fsp3) is 0.533. The molecule has 1 aromatic rings. The lowest BCUT2D eigenvalue weighted by Gasteiger charge is -2.33. The fourth-order valence-electron chi connectivity index (χ4n) is 2.64. The fourth-order valence-corrected chi connectivity index (χ4v) is 4.60. The van der Waals surface area contributed by atoms with E-state index in [1.165, 1.54) is 13.2 Å². The van der Waals surface area contributed by atoms with E-state index in [9.17, 15) is 13.2 Å². The predicted octanol–water partition coefficient (Wildman–Crippen LogP) is 2.49. The summed E-state index contributed by atoms with van der Waals surface area (Å²) in [4.78, 5) is 12.1. The minimum atomic E-state index is -3.31. The van der Waals surface area contributed by atoms with Crippen molar-refractivity contribution >= 4 is 15.8 Å². The van der Waals surface area contributed by atoms with Crippen LogP contribution in [-0.2, 0) is 26.4 Å². The zero-order valence-electron chi connectivity index (χ0n) is 12.3. The molecule has 4 nitrogen and oxygen atoms in total. The van der Waals surface area contributed by atoms with Crippen molar-refractivity contribution in [3.05, 3.63) is 28.8 Å². The highest BCUT2D eigenvalue weighted by Gasteiger charge is 2.36. The number of hydrogen-bond donors (Lipinski definition) is 0. The lowest BCUT2D eigenvalue weighted by atomic mass is 9.80. The van der Waals surface area contributed by atoms with E-state index in [1.807, 2.05) is 26.8 Å². The van der Waals surface area contributed by atoms with Crippen LogP contribution in [0.1, 0.15) is 48.7 Å². The molecule has 2 rings (SSSR count). The van der Waals surface area contributed by atoms with Gasteiger partial charge in [-0.25, -0.2) is 13.2 Å². The van der Waals surface area contributed by atoms with E-state index >= 15 is 0 Å². The standard InChI is InChI=1S/C15H20O4S/c1-5-10-8-12-13(9-11(10)14(16)19-4)20(17,18)7-6-15(12,2)3/h8-9H,5-7H2,1-4H3. The van der Waals surface area contributed by atoms with Crippen LogP contribution in [0.5, 0.6) is 0 Å². The van der Waals surface area contributed by atoms with Gasteiger partial charge in [0.2, 0.25) is 0 Å². The molecule has 0 spiro atoms. The summed E-state index contributed by atoms with van der Waals surface area (Å²) >= 11 is 0. The van der Waals surface area contributed by atoms with Crippen molar-refractivity contribution < 1.29 is 17.9 Å². The van der Waals surface area contributed by atoms with Crippen molar-refractivity contribution in [3.8, 4) is 0 Å². The summed E-state index contributed by atoms with van der Waals surface area (Å²) < 4.78 is 29.3. The van der Waals surface area contributed by atoms with Gasteiger partial charge in [-0.3, -0.25) is 0 Å². The summed E-state index contributed by atoms with van der Waals surface area (Å²) in [6.07, 6.45) is 1.26. The van der Waals surface area contributed by atoms with E-state index in [0.29, 0.717) is 18.4 Å². The average molecular weight is 296 g/mol. The number of methoxy groups -OCH3 is 1. The molecule has 1 aliphatic heterocycles. The van der Waals surface area contributed by atoms with E-state index < -0.39 is 15.8 Å². The Bertz CT molecular complexity index is 657. The number of rotatable bonds is 2. The maximum Gasteiger partial charge on any atom is 0.338 e. The Balaban J connectivity index is 2.78. The molecule has 0 aliphatic carbocycles. The second-order valence-corrected chi connectivity index (χ2v) is 7.88. The van der Waals surface area contributed by atoms with Gasteiger partial charge in [-0.1, -0.05) is 26.8 Å². The molecule has 0 saturated carbocycles. The van der Waals surface area contributed by atoms with E-state index in [2.05, 4.69) is 0 Å². The van der Waals surface area contributed by atoms with Gasteiger partial charge in [0.25, 0.3) is 0 Å². The Kier molecular flexibility index (Phi) is 3.67. The number of ether oxygens (including phenoxy) is 1. The highest BCUT2D eigenvalue weighted by atomic mass is 32.2. The molecule has 0 unspecified atom stereocenters. The number of hydrogen-bond acceptors (Lipinski definition) is 4. The summed E-state index contributed by atoms with van der Waals surface area (Å²) in [7, 11) is -2.00. The smallest absolute Gasteiger partial charge is 0.338 e. The highest BCUT2D eigenvalue weighted by Crippen LogP contribution is 2.39. The number of sulfone groups is 1. The molecule has 110 valence electrons. The molecule has 0 saturated heterocycles. The maximum atomic E-state index is 12.3. The first kappa shape index (κ1) is 15.0. The summed E-state index contributed by atoms with van der Waals surface area (Å²) in [6, 6.07) is 3.36. The summed E-state index contributed by atoms with van der Waals surface area (Å²) in [5.74, 6) is -0.359. The van der Waals surface area contributed by atoms with Crippen LogP contribution in [0.25, 0.3) is 0 Å². The number of esters is 1. The second-order valence-electron chi connectivity index (χ2n) is 5.80. The Labute approximate surface area is 120 Å². The van der Waals surface area contributed by atoms with Gasteiger partial charge in [-0.2, -0.15) is 0 Å². The van der Waals surface area contributed by atoms with Crippen molar-refractivity contribution in [1.29, 1.82) is 0 Å². The van der Waals surface area contributed by atoms with Crippen molar-refractivity contribution in [2.24, 2.45) is 0 Å². The van der Waals surface area contributed by atoms with Gasteiger partial charge >= 0.3 is 5.97 Å². The van der Waals surface area contributed by atoms with Crippen LogP contribution in [0.2, 0.25) is 0 Å². The van der Waals surface area contributed by atoms with Crippen LogP contribution in [0.15, 0.2) is 17.0 Å². The number of fused-ring (bicyclic) bond motifs is 1. The molecular weight excluding hydrogens is 276 g/mol. The summed E-state index contributed by atoms with van der Waals surface area (Å²) in [5, 5.41) is 0. The largest absolute Gasteiger partial charge is 0.465 e. The predicted molar refractivity (Wildman–Crippen MR) is 76.9 cm³/mol. The van der Waals surface area contributed by atoms with E-state index in [4.69, 9.17) is 4.74 Å². The zero-order valence-corrected chi connectivity index (χ0v) is 13.1. The molecule has 1 aromatic carbocycles. The summed E-state index contributed by atoms with van der Waals surface area (Å²) in [6.45, 7) is 6.02. The lowest BCUT2D eigenvalue weighted by molar-refractivity contribution is 0.0599. The molecule has 0 bridgehead atoms.